The van der Waals surface area contributed by atoms with Gasteiger partial charge in [-0.2, -0.15) is 0 Å². The van der Waals surface area contributed by atoms with E-state index in [1.807, 2.05) is 44.2 Å². The number of anilines is 2. The van der Waals surface area contributed by atoms with Gasteiger partial charge in [-0.3, -0.25) is 4.79 Å². The van der Waals surface area contributed by atoms with Crippen LogP contribution in [0.25, 0.3) is 11.4 Å². The molecule has 3 aromatic rings. The topological polar surface area (TPSA) is 85.4 Å². The number of hydrogen-bond acceptors (Lipinski definition) is 6. The Balaban J connectivity index is 1.63. The standard InChI is InChI=1S/C22H22N4O3/c1-14(2)23-20-13-17(25-21(26-20)15-6-4-3-5-7-15)22(27)24-16-8-9-18-19(12-16)29-11-10-28-18/h3-9,12-14H,10-11H2,1-2H3,(H,24,27)(H,23,25,26). The largest absolute Gasteiger partial charge is 0.486 e. The van der Waals surface area contributed by atoms with Gasteiger partial charge in [0.15, 0.2) is 17.3 Å². The highest BCUT2D eigenvalue weighted by atomic mass is 16.6. The number of hydrogen-bond donors (Lipinski definition) is 2. The van der Waals surface area contributed by atoms with Gasteiger partial charge in [0.1, 0.15) is 24.7 Å². The zero-order valence-electron chi connectivity index (χ0n) is 16.3. The number of ether oxygens (including phenoxy) is 2. The van der Waals surface area contributed by atoms with Gasteiger partial charge in [0.05, 0.1) is 0 Å². The second kappa shape index (κ2) is 8.18. The fourth-order valence-electron chi connectivity index (χ4n) is 2.97. The van der Waals surface area contributed by atoms with Gasteiger partial charge in [0, 0.05) is 29.4 Å². The minimum atomic E-state index is -0.326. The predicted octanol–water partition coefficient (Wildman–Crippen LogP) is 3.99. The summed E-state index contributed by atoms with van der Waals surface area (Å²) < 4.78 is 11.1. The molecule has 0 spiro atoms. The third kappa shape index (κ3) is 4.45. The predicted molar refractivity (Wildman–Crippen MR) is 112 cm³/mol. The van der Waals surface area contributed by atoms with Gasteiger partial charge in [-0.05, 0) is 26.0 Å². The summed E-state index contributed by atoms with van der Waals surface area (Å²) in [6.45, 7) is 5.03. The molecule has 1 aliphatic rings. The number of benzene rings is 2. The van der Waals surface area contributed by atoms with Crippen molar-refractivity contribution in [1.29, 1.82) is 0 Å². The summed E-state index contributed by atoms with van der Waals surface area (Å²) in [6, 6.07) is 16.7. The van der Waals surface area contributed by atoms with Crippen molar-refractivity contribution in [2.45, 2.75) is 19.9 Å². The third-order valence-corrected chi connectivity index (χ3v) is 4.23. The Kier molecular flexibility index (Phi) is 5.29. The van der Waals surface area contributed by atoms with Crippen molar-refractivity contribution in [1.82, 2.24) is 9.97 Å². The van der Waals surface area contributed by atoms with E-state index in [1.54, 1.807) is 24.3 Å². The summed E-state index contributed by atoms with van der Waals surface area (Å²) in [5.41, 5.74) is 1.72. The molecule has 2 heterocycles. The lowest BCUT2D eigenvalue weighted by atomic mass is 10.2. The molecular weight excluding hydrogens is 368 g/mol. The minimum Gasteiger partial charge on any atom is -0.486 e. The maximum atomic E-state index is 12.9. The lowest BCUT2D eigenvalue weighted by molar-refractivity contribution is 0.102. The summed E-state index contributed by atoms with van der Waals surface area (Å²) in [5, 5.41) is 6.12. The molecule has 0 atom stereocenters. The lowest BCUT2D eigenvalue weighted by Crippen LogP contribution is -2.18. The summed E-state index contributed by atoms with van der Waals surface area (Å²) >= 11 is 0. The molecule has 0 unspecified atom stereocenters. The third-order valence-electron chi connectivity index (χ3n) is 4.23. The van der Waals surface area contributed by atoms with Crippen molar-refractivity contribution < 1.29 is 14.3 Å². The number of carbonyl (C=O) groups excluding carboxylic acids is 1. The fraction of sp³-hybridized carbons (Fsp3) is 0.227. The normalized spacial score (nSPS) is 12.5. The Bertz CT molecular complexity index is 1020. The molecular formula is C22H22N4O3. The van der Waals surface area contributed by atoms with Gasteiger partial charge in [0.2, 0.25) is 0 Å². The van der Waals surface area contributed by atoms with E-state index in [0.29, 0.717) is 42.0 Å². The van der Waals surface area contributed by atoms with Crippen LogP contribution < -0.4 is 20.1 Å². The van der Waals surface area contributed by atoms with E-state index in [1.165, 1.54) is 0 Å². The zero-order valence-corrected chi connectivity index (χ0v) is 16.3. The van der Waals surface area contributed by atoms with Crippen molar-refractivity contribution in [2.24, 2.45) is 0 Å². The molecule has 1 aliphatic heterocycles. The maximum absolute atomic E-state index is 12.9. The maximum Gasteiger partial charge on any atom is 0.274 e. The first-order valence-corrected chi connectivity index (χ1v) is 9.50. The molecule has 0 aliphatic carbocycles. The number of rotatable bonds is 5. The van der Waals surface area contributed by atoms with Crippen LogP contribution in [0.3, 0.4) is 0 Å². The SMILES string of the molecule is CC(C)Nc1cc(C(=O)Nc2ccc3c(c2)OCCO3)nc(-c2ccccc2)n1. The van der Waals surface area contributed by atoms with Crippen molar-refractivity contribution >= 4 is 17.4 Å². The Labute approximate surface area is 169 Å². The molecule has 0 radical (unpaired) electrons. The first-order valence-electron chi connectivity index (χ1n) is 9.50. The highest BCUT2D eigenvalue weighted by Gasteiger charge is 2.16. The monoisotopic (exact) mass is 390 g/mol. The molecule has 29 heavy (non-hydrogen) atoms. The Hall–Kier alpha value is -3.61. The number of carbonyl (C=O) groups is 1. The van der Waals surface area contributed by atoms with E-state index in [9.17, 15) is 4.79 Å². The minimum absolute atomic E-state index is 0.169. The van der Waals surface area contributed by atoms with Crippen LogP contribution in [-0.4, -0.2) is 35.1 Å². The summed E-state index contributed by atoms with van der Waals surface area (Å²) in [7, 11) is 0. The number of amides is 1. The van der Waals surface area contributed by atoms with Crippen LogP contribution in [-0.2, 0) is 0 Å². The molecule has 7 nitrogen and oxygen atoms in total. The molecule has 0 saturated heterocycles. The molecule has 4 rings (SSSR count). The fourth-order valence-corrected chi connectivity index (χ4v) is 2.97. The van der Waals surface area contributed by atoms with E-state index < -0.39 is 0 Å². The second-order valence-electron chi connectivity index (χ2n) is 6.94. The Morgan fingerprint density at radius 3 is 2.48 bits per heavy atom. The van der Waals surface area contributed by atoms with Crippen LogP contribution in [0.1, 0.15) is 24.3 Å². The van der Waals surface area contributed by atoms with E-state index in [0.717, 1.165) is 5.56 Å². The van der Waals surface area contributed by atoms with Crippen molar-refractivity contribution in [3.05, 3.63) is 60.3 Å². The lowest BCUT2D eigenvalue weighted by Gasteiger charge is -2.19. The molecule has 2 N–H and O–H groups in total. The first kappa shape index (κ1) is 18.7. The van der Waals surface area contributed by atoms with Crippen molar-refractivity contribution in [2.75, 3.05) is 23.8 Å². The second-order valence-corrected chi connectivity index (χ2v) is 6.94. The Morgan fingerprint density at radius 2 is 1.72 bits per heavy atom. The molecule has 148 valence electrons. The molecule has 7 heteroatoms. The summed E-state index contributed by atoms with van der Waals surface area (Å²) in [4.78, 5) is 21.9. The molecule has 0 bridgehead atoms. The van der Waals surface area contributed by atoms with Crippen LogP contribution in [0.4, 0.5) is 11.5 Å². The Morgan fingerprint density at radius 1 is 0.966 bits per heavy atom. The average Bonchev–Trinajstić information content (AvgIpc) is 2.73. The van der Waals surface area contributed by atoms with Crippen LogP contribution in [0.5, 0.6) is 11.5 Å². The smallest absolute Gasteiger partial charge is 0.274 e. The summed E-state index contributed by atoms with van der Waals surface area (Å²) in [6.07, 6.45) is 0. The van der Waals surface area contributed by atoms with Crippen LogP contribution in [0.15, 0.2) is 54.6 Å². The van der Waals surface area contributed by atoms with Gasteiger partial charge < -0.3 is 20.1 Å². The summed E-state index contributed by atoms with van der Waals surface area (Å²) in [5.74, 6) is 2.05. The van der Waals surface area contributed by atoms with E-state index in [2.05, 4.69) is 20.6 Å². The highest BCUT2D eigenvalue weighted by Crippen LogP contribution is 2.32. The molecule has 0 saturated carbocycles. The van der Waals surface area contributed by atoms with Gasteiger partial charge >= 0.3 is 0 Å². The van der Waals surface area contributed by atoms with Gasteiger partial charge in [0.25, 0.3) is 5.91 Å². The average molecular weight is 390 g/mol. The number of aromatic nitrogens is 2. The molecule has 2 aromatic carbocycles. The van der Waals surface area contributed by atoms with Crippen molar-refractivity contribution in [3.63, 3.8) is 0 Å². The van der Waals surface area contributed by atoms with Crippen LogP contribution in [0, 0.1) is 0 Å². The first-order chi connectivity index (χ1) is 14.1. The van der Waals surface area contributed by atoms with Crippen LogP contribution >= 0.6 is 0 Å². The molecule has 1 amide bonds. The van der Waals surface area contributed by atoms with Gasteiger partial charge in [-0.25, -0.2) is 9.97 Å². The van der Waals surface area contributed by atoms with E-state index in [4.69, 9.17) is 9.47 Å². The van der Waals surface area contributed by atoms with E-state index in [-0.39, 0.29) is 17.6 Å². The van der Waals surface area contributed by atoms with Gasteiger partial charge in [-0.15, -0.1) is 0 Å². The quantitative estimate of drug-likeness (QED) is 0.685. The van der Waals surface area contributed by atoms with Crippen molar-refractivity contribution in [3.8, 4) is 22.9 Å². The number of fused-ring (bicyclic) bond motifs is 1. The highest BCUT2D eigenvalue weighted by molar-refractivity contribution is 6.03. The molecule has 0 fully saturated rings. The van der Waals surface area contributed by atoms with E-state index >= 15 is 0 Å². The number of nitrogens with one attached hydrogen (secondary N) is 2. The zero-order chi connectivity index (χ0) is 20.2. The number of nitrogens with zero attached hydrogens (tertiary/aromatic N) is 2. The van der Waals surface area contributed by atoms with Gasteiger partial charge in [-0.1, -0.05) is 30.3 Å². The van der Waals surface area contributed by atoms with Crippen LogP contribution in [0.2, 0.25) is 0 Å². The molecule has 1 aromatic heterocycles.